The molecule has 25 heavy (non-hydrogen) atoms. The second-order valence-electron chi connectivity index (χ2n) is 6.10. The highest BCUT2D eigenvalue weighted by atomic mass is 32.1. The maximum atomic E-state index is 4.85. The van der Waals surface area contributed by atoms with Crippen LogP contribution in [-0.2, 0) is 0 Å². The van der Waals surface area contributed by atoms with Gasteiger partial charge in [-0.2, -0.15) is 0 Å². The molecule has 3 aromatic rings. The molecule has 3 rings (SSSR count). The Morgan fingerprint density at radius 1 is 1.20 bits per heavy atom. The summed E-state index contributed by atoms with van der Waals surface area (Å²) >= 11 is 1.71. The zero-order valence-electron chi connectivity index (χ0n) is 14.9. The number of hydrogen-bond acceptors (Lipinski definition) is 4. The van der Waals surface area contributed by atoms with Gasteiger partial charge in [0.25, 0.3) is 0 Å². The zero-order valence-corrected chi connectivity index (χ0v) is 15.8. The van der Waals surface area contributed by atoms with E-state index in [1.807, 2.05) is 37.5 Å². The Balaban J connectivity index is 2.01. The predicted octanol–water partition coefficient (Wildman–Crippen LogP) is 5.54. The number of amidine groups is 1. The maximum Gasteiger partial charge on any atom is 0.132 e. The molecule has 1 N–H and O–H groups in total. The van der Waals surface area contributed by atoms with Crippen molar-refractivity contribution >= 4 is 33.2 Å². The first-order valence-corrected chi connectivity index (χ1v) is 9.23. The largest absolute Gasteiger partial charge is 0.325 e. The number of aromatic nitrogens is 2. The van der Waals surface area contributed by atoms with Gasteiger partial charge in [-0.05, 0) is 63.1 Å². The van der Waals surface area contributed by atoms with Gasteiger partial charge in [-0.15, -0.1) is 11.3 Å². The van der Waals surface area contributed by atoms with Gasteiger partial charge in [0.2, 0.25) is 0 Å². The number of rotatable bonds is 4. The highest BCUT2D eigenvalue weighted by molar-refractivity contribution is 7.17. The monoisotopic (exact) mass is 350 g/mol. The molecule has 0 saturated carbocycles. The first-order valence-electron chi connectivity index (χ1n) is 8.35. The summed E-state index contributed by atoms with van der Waals surface area (Å²) in [6, 6.07) is 8.36. The number of nitrogens with zero attached hydrogens (tertiary/aromatic N) is 3. The lowest BCUT2D eigenvalue weighted by molar-refractivity contribution is 0.835. The van der Waals surface area contributed by atoms with Crippen LogP contribution in [0.25, 0.3) is 21.3 Å². The fourth-order valence-electron chi connectivity index (χ4n) is 2.47. The van der Waals surface area contributed by atoms with Crippen molar-refractivity contribution in [1.29, 1.82) is 0 Å². The summed E-state index contributed by atoms with van der Waals surface area (Å²) in [4.78, 5) is 13.6. The van der Waals surface area contributed by atoms with Gasteiger partial charge in [0.15, 0.2) is 0 Å². The van der Waals surface area contributed by atoms with Crippen LogP contribution in [-0.4, -0.2) is 21.8 Å². The van der Waals surface area contributed by atoms with Crippen LogP contribution in [0, 0.1) is 0 Å². The molecule has 0 amide bonds. The number of anilines is 1. The molecule has 0 aliphatic carbocycles. The van der Waals surface area contributed by atoms with E-state index in [-0.39, 0.29) is 6.04 Å². The average Bonchev–Trinajstić information content (AvgIpc) is 3.04. The Morgan fingerprint density at radius 2 is 1.96 bits per heavy atom. The van der Waals surface area contributed by atoms with Crippen molar-refractivity contribution in [2.75, 3.05) is 5.32 Å². The highest BCUT2D eigenvalue weighted by Gasteiger charge is 2.10. The van der Waals surface area contributed by atoms with Gasteiger partial charge in [0, 0.05) is 29.4 Å². The molecule has 0 fully saturated rings. The van der Waals surface area contributed by atoms with Crippen molar-refractivity contribution in [2.24, 2.45) is 4.99 Å². The SMILES string of the molecule is C/C=C(/C)C(=NC(C)C)Nc1ccc2scc(-c3ccncc3)c2n1. The lowest BCUT2D eigenvalue weighted by atomic mass is 10.1. The minimum Gasteiger partial charge on any atom is -0.325 e. The molecule has 0 aromatic carbocycles. The molecule has 0 aliphatic heterocycles. The summed E-state index contributed by atoms with van der Waals surface area (Å²) in [6.07, 6.45) is 5.67. The molecule has 0 bridgehead atoms. The van der Waals surface area contributed by atoms with E-state index in [1.54, 1.807) is 11.3 Å². The van der Waals surface area contributed by atoms with E-state index < -0.39 is 0 Å². The minimum absolute atomic E-state index is 0.217. The minimum atomic E-state index is 0.217. The fraction of sp³-hybridized carbons (Fsp3) is 0.250. The van der Waals surface area contributed by atoms with E-state index in [0.29, 0.717) is 0 Å². The normalized spacial score (nSPS) is 12.8. The third kappa shape index (κ3) is 3.94. The summed E-state index contributed by atoms with van der Waals surface area (Å²) < 4.78 is 1.17. The molecule has 0 spiro atoms. The quantitative estimate of drug-likeness (QED) is 0.496. The van der Waals surface area contributed by atoms with Crippen LogP contribution in [0.3, 0.4) is 0 Å². The van der Waals surface area contributed by atoms with Crippen LogP contribution in [0.5, 0.6) is 0 Å². The topological polar surface area (TPSA) is 50.2 Å². The van der Waals surface area contributed by atoms with Gasteiger partial charge < -0.3 is 5.32 Å². The molecule has 4 nitrogen and oxygen atoms in total. The fourth-order valence-corrected chi connectivity index (χ4v) is 3.37. The van der Waals surface area contributed by atoms with Gasteiger partial charge in [0.05, 0.1) is 10.2 Å². The Labute approximate surface area is 152 Å². The number of pyridine rings is 2. The highest BCUT2D eigenvalue weighted by Crippen LogP contribution is 2.33. The molecule has 128 valence electrons. The second kappa shape index (κ2) is 7.57. The lowest BCUT2D eigenvalue weighted by Crippen LogP contribution is -2.16. The van der Waals surface area contributed by atoms with Crippen LogP contribution in [0.4, 0.5) is 5.82 Å². The average molecular weight is 350 g/mol. The predicted molar refractivity (Wildman–Crippen MR) is 108 cm³/mol. The van der Waals surface area contributed by atoms with Gasteiger partial charge in [-0.1, -0.05) is 6.08 Å². The van der Waals surface area contributed by atoms with Gasteiger partial charge in [-0.3, -0.25) is 9.98 Å². The van der Waals surface area contributed by atoms with Crippen molar-refractivity contribution in [3.8, 4) is 11.1 Å². The molecule has 0 aliphatic rings. The van der Waals surface area contributed by atoms with E-state index in [1.165, 1.54) is 4.70 Å². The van der Waals surface area contributed by atoms with E-state index in [2.05, 4.69) is 53.6 Å². The maximum absolute atomic E-state index is 4.85. The Hall–Kier alpha value is -2.53. The van der Waals surface area contributed by atoms with Crippen LogP contribution in [0.1, 0.15) is 27.7 Å². The van der Waals surface area contributed by atoms with Crippen LogP contribution in [0.15, 0.2) is 58.7 Å². The summed E-state index contributed by atoms with van der Waals surface area (Å²) in [5, 5.41) is 5.53. The molecular weight excluding hydrogens is 328 g/mol. The molecule has 0 unspecified atom stereocenters. The van der Waals surface area contributed by atoms with E-state index in [4.69, 9.17) is 4.98 Å². The molecule has 0 saturated heterocycles. The van der Waals surface area contributed by atoms with Crippen LogP contribution >= 0.6 is 11.3 Å². The van der Waals surface area contributed by atoms with Gasteiger partial charge in [0.1, 0.15) is 11.7 Å². The first kappa shape index (κ1) is 17.3. The van der Waals surface area contributed by atoms with E-state index in [0.717, 1.165) is 33.9 Å². The number of aliphatic imine (C=N–C) groups is 1. The van der Waals surface area contributed by atoms with Crippen molar-refractivity contribution in [3.63, 3.8) is 0 Å². The molecule has 3 heterocycles. The number of fused-ring (bicyclic) bond motifs is 1. The number of nitrogens with one attached hydrogen (secondary N) is 1. The van der Waals surface area contributed by atoms with Crippen molar-refractivity contribution in [3.05, 3.63) is 53.7 Å². The van der Waals surface area contributed by atoms with Crippen LogP contribution in [0.2, 0.25) is 0 Å². The van der Waals surface area contributed by atoms with Crippen molar-refractivity contribution in [1.82, 2.24) is 9.97 Å². The summed E-state index contributed by atoms with van der Waals surface area (Å²) in [7, 11) is 0. The van der Waals surface area contributed by atoms with E-state index >= 15 is 0 Å². The summed E-state index contributed by atoms with van der Waals surface area (Å²) in [5.41, 5.74) is 4.38. The zero-order chi connectivity index (χ0) is 17.8. The third-order valence-electron chi connectivity index (χ3n) is 3.85. The Bertz CT molecular complexity index is 923. The van der Waals surface area contributed by atoms with Gasteiger partial charge in [-0.25, -0.2) is 4.98 Å². The lowest BCUT2D eigenvalue weighted by Gasteiger charge is -2.12. The molecule has 5 heteroatoms. The molecule has 0 atom stereocenters. The van der Waals surface area contributed by atoms with Crippen molar-refractivity contribution in [2.45, 2.75) is 33.7 Å². The molecule has 0 radical (unpaired) electrons. The number of allylic oxidation sites excluding steroid dienone is 1. The van der Waals surface area contributed by atoms with Crippen LogP contribution < -0.4 is 5.32 Å². The first-order chi connectivity index (χ1) is 12.1. The Morgan fingerprint density at radius 3 is 2.64 bits per heavy atom. The second-order valence-corrected chi connectivity index (χ2v) is 7.01. The number of thiophene rings is 1. The van der Waals surface area contributed by atoms with Gasteiger partial charge >= 0.3 is 0 Å². The number of hydrogen-bond donors (Lipinski definition) is 1. The molecular formula is C20H22N4S. The van der Waals surface area contributed by atoms with Crippen molar-refractivity contribution < 1.29 is 0 Å². The molecule has 3 aromatic heterocycles. The summed E-state index contributed by atoms with van der Waals surface area (Å²) in [6.45, 7) is 8.22. The smallest absolute Gasteiger partial charge is 0.132 e. The standard InChI is InChI=1S/C20H22N4S/c1-5-14(4)20(22-13(2)3)24-18-7-6-17-19(23-18)16(12-25-17)15-8-10-21-11-9-15/h5-13H,1-4H3,(H,22,23,24)/b14-5-. The third-order valence-corrected chi connectivity index (χ3v) is 4.79. The van der Waals surface area contributed by atoms with E-state index in [9.17, 15) is 0 Å². The Kier molecular flexibility index (Phi) is 5.24. The summed E-state index contributed by atoms with van der Waals surface area (Å²) in [5.74, 6) is 1.67.